The number of amides is 2. The summed E-state index contributed by atoms with van der Waals surface area (Å²) in [5, 5.41) is 12.0. The Bertz CT molecular complexity index is 353. The van der Waals surface area contributed by atoms with Crippen molar-refractivity contribution in [2.24, 2.45) is 11.8 Å². The second-order valence-electron chi connectivity index (χ2n) is 7.21. The van der Waals surface area contributed by atoms with E-state index in [1.54, 1.807) is 0 Å². The first kappa shape index (κ1) is 16.8. The minimum Gasteiger partial charge on any atom is -0.480 e. The van der Waals surface area contributed by atoms with Crippen LogP contribution in [0.1, 0.15) is 53.9 Å². The molecule has 0 aliphatic heterocycles. The normalized spacial score (nSPS) is 26.9. The van der Waals surface area contributed by atoms with Crippen LogP contribution in [-0.4, -0.2) is 40.1 Å². The van der Waals surface area contributed by atoms with Gasteiger partial charge in [-0.15, -0.1) is 0 Å². The smallest absolute Gasteiger partial charge is 0.323 e. The highest BCUT2D eigenvalue weighted by Crippen LogP contribution is 2.28. The number of hydrogen-bond acceptors (Lipinski definition) is 2. The van der Waals surface area contributed by atoms with Gasteiger partial charge < -0.3 is 15.3 Å². The van der Waals surface area contributed by atoms with Crippen molar-refractivity contribution in [3.05, 3.63) is 0 Å². The van der Waals surface area contributed by atoms with Crippen molar-refractivity contribution in [3.63, 3.8) is 0 Å². The Morgan fingerprint density at radius 1 is 1.15 bits per heavy atom. The molecule has 0 bridgehead atoms. The van der Waals surface area contributed by atoms with E-state index >= 15 is 0 Å². The third-order valence-electron chi connectivity index (χ3n) is 3.85. The number of hydrogen-bond donors (Lipinski definition) is 2. The number of urea groups is 1. The highest BCUT2D eigenvalue weighted by molar-refractivity contribution is 5.81. The third-order valence-corrected chi connectivity index (χ3v) is 3.85. The van der Waals surface area contributed by atoms with E-state index in [1.807, 2.05) is 20.8 Å². The van der Waals surface area contributed by atoms with Gasteiger partial charge in [0.05, 0.1) is 0 Å². The first-order valence-corrected chi connectivity index (χ1v) is 7.39. The maximum Gasteiger partial charge on any atom is 0.323 e. The van der Waals surface area contributed by atoms with Crippen LogP contribution in [0.15, 0.2) is 0 Å². The highest BCUT2D eigenvalue weighted by atomic mass is 16.4. The van der Waals surface area contributed by atoms with Gasteiger partial charge in [0, 0.05) is 11.6 Å². The molecular weight excluding hydrogens is 256 g/mol. The standard InChI is InChI=1S/C15H28N2O3/c1-10-6-11(2)8-12(7-10)16-14(20)17(9-13(18)19)15(3,4)5/h10-12H,6-9H2,1-5H3,(H,16,20)(H,18,19). The van der Waals surface area contributed by atoms with Crippen LogP contribution in [0.4, 0.5) is 4.79 Å². The SMILES string of the molecule is CC1CC(C)CC(NC(=O)N(CC(=O)O)C(C)(C)C)C1. The Morgan fingerprint density at radius 2 is 1.65 bits per heavy atom. The lowest BCUT2D eigenvalue weighted by Gasteiger charge is -2.38. The lowest BCUT2D eigenvalue weighted by atomic mass is 9.80. The van der Waals surface area contributed by atoms with Gasteiger partial charge in [-0.25, -0.2) is 4.79 Å². The number of carboxylic acid groups (broad SMARTS) is 1. The fraction of sp³-hybridized carbons (Fsp3) is 0.867. The summed E-state index contributed by atoms with van der Waals surface area (Å²) >= 11 is 0. The molecule has 1 aliphatic carbocycles. The van der Waals surface area contributed by atoms with Gasteiger partial charge in [-0.1, -0.05) is 13.8 Å². The van der Waals surface area contributed by atoms with Crippen molar-refractivity contribution in [1.29, 1.82) is 0 Å². The Kier molecular flexibility index (Phi) is 5.42. The summed E-state index contributed by atoms with van der Waals surface area (Å²) in [5.74, 6) is 0.221. The summed E-state index contributed by atoms with van der Waals surface area (Å²) in [6.45, 7) is 9.68. The molecule has 0 heterocycles. The Labute approximate surface area is 121 Å². The number of rotatable bonds is 3. The maximum atomic E-state index is 12.4. The van der Waals surface area contributed by atoms with Gasteiger partial charge in [0.1, 0.15) is 6.54 Å². The quantitative estimate of drug-likeness (QED) is 0.837. The fourth-order valence-electron chi connectivity index (χ4n) is 3.07. The summed E-state index contributed by atoms with van der Waals surface area (Å²) < 4.78 is 0. The number of carbonyl (C=O) groups is 2. The zero-order chi connectivity index (χ0) is 15.5. The summed E-state index contributed by atoms with van der Waals surface area (Å²) in [7, 11) is 0. The average molecular weight is 284 g/mol. The molecule has 5 heteroatoms. The molecule has 0 aromatic rings. The van der Waals surface area contributed by atoms with E-state index in [9.17, 15) is 9.59 Å². The number of carbonyl (C=O) groups excluding carboxylic acids is 1. The van der Waals surface area contributed by atoms with Gasteiger partial charge in [-0.2, -0.15) is 0 Å². The number of aliphatic carboxylic acids is 1. The van der Waals surface area contributed by atoms with Crippen molar-refractivity contribution in [1.82, 2.24) is 10.2 Å². The predicted molar refractivity (Wildman–Crippen MR) is 78.6 cm³/mol. The molecular formula is C15H28N2O3. The molecule has 116 valence electrons. The molecule has 1 fully saturated rings. The van der Waals surface area contributed by atoms with Crippen LogP contribution >= 0.6 is 0 Å². The first-order valence-electron chi connectivity index (χ1n) is 7.39. The maximum absolute atomic E-state index is 12.4. The van der Waals surface area contributed by atoms with E-state index in [0.29, 0.717) is 11.8 Å². The monoisotopic (exact) mass is 284 g/mol. The molecule has 5 nitrogen and oxygen atoms in total. The highest BCUT2D eigenvalue weighted by Gasteiger charge is 2.31. The van der Waals surface area contributed by atoms with Crippen molar-refractivity contribution in [3.8, 4) is 0 Å². The molecule has 0 saturated heterocycles. The Morgan fingerprint density at radius 3 is 2.05 bits per heavy atom. The first-order chi connectivity index (χ1) is 9.09. The summed E-state index contributed by atoms with van der Waals surface area (Å²) in [5.41, 5.74) is -0.506. The number of nitrogens with zero attached hydrogens (tertiary/aromatic N) is 1. The minimum absolute atomic E-state index is 0.153. The van der Waals surface area contributed by atoms with E-state index in [0.717, 1.165) is 12.8 Å². The van der Waals surface area contributed by atoms with Crippen molar-refractivity contribution in [2.75, 3.05) is 6.54 Å². The summed E-state index contributed by atoms with van der Waals surface area (Å²) in [6, 6.07) is -0.119. The zero-order valence-electron chi connectivity index (χ0n) is 13.3. The predicted octanol–water partition coefficient (Wildman–Crippen LogP) is 2.71. The van der Waals surface area contributed by atoms with E-state index in [1.165, 1.54) is 11.3 Å². The molecule has 2 atom stereocenters. The van der Waals surface area contributed by atoms with Crippen LogP contribution in [0, 0.1) is 11.8 Å². The van der Waals surface area contributed by atoms with Gasteiger partial charge in [-0.05, 0) is 51.9 Å². The van der Waals surface area contributed by atoms with Crippen molar-refractivity contribution in [2.45, 2.75) is 65.5 Å². The topological polar surface area (TPSA) is 69.6 Å². The lowest BCUT2D eigenvalue weighted by Crippen LogP contribution is -2.55. The molecule has 0 aromatic carbocycles. The largest absolute Gasteiger partial charge is 0.480 e. The van der Waals surface area contributed by atoms with Gasteiger partial charge in [0.2, 0.25) is 0 Å². The van der Waals surface area contributed by atoms with Crippen molar-refractivity contribution < 1.29 is 14.7 Å². The molecule has 1 saturated carbocycles. The van der Waals surface area contributed by atoms with Gasteiger partial charge >= 0.3 is 12.0 Å². The second kappa shape index (κ2) is 6.46. The average Bonchev–Trinajstić information content (AvgIpc) is 2.22. The molecule has 1 rings (SSSR count). The van der Waals surface area contributed by atoms with Crippen LogP contribution in [0.2, 0.25) is 0 Å². The van der Waals surface area contributed by atoms with Crippen LogP contribution in [-0.2, 0) is 4.79 Å². The van der Waals surface area contributed by atoms with E-state index in [-0.39, 0.29) is 18.6 Å². The van der Waals surface area contributed by atoms with Gasteiger partial charge in [-0.3, -0.25) is 4.79 Å². The molecule has 2 unspecified atom stereocenters. The van der Waals surface area contributed by atoms with Crippen LogP contribution in [0.5, 0.6) is 0 Å². The summed E-state index contributed by atoms with van der Waals surface area (Å²) in [6.07, 6.45) is 3.15. The number of nitrogens with one attached hydrogen (secondary N) is 1. The molecule has 0 spiro atoms. The second-order valence-corrected chi connectivity index (χ2v) is 7.21. The zero-order valence-corrected chi connectivity index (χ0v) is 13.3. The summed E-state index contributed by atoms with van der Waals surface area (Å²) in [4.78, 5) is 24.7. The Hall–Kier alpha value is -1.26. The molecule has 20 heavy (non-hydrogen) atoms. The molecule has 0 radical (unpaired) electrons. The fourth-order valence-corrected chi connectivity index (χ4v) is 3.07. The molecule has 2 N–H and O–H groups in total. The van der Waals surface area contributed by atoms with E-state index in [4.69, 9.17) is 5.11 Å². The van der Waals surface area contributed by atoms with Crippen LogP contribution < -0.4 is 5.32 Å². The third kappa shape index (κ3) is 5.02. The lowest BCUT2D eigenvalue weighted by molar-refractivity contribution is -0.138. The molecule has 0 aromatic heterocycles. The van der Waals surface area contributed by atoms with Crippen LogP contribution in [0.3, 0.4) is 0 Å². The van der Waals surface area contributed by atoms with Gasteiger partial charge in [0.25, 0.3) is 0 Å². The van der Waals surface area contributed by atoms with E-state index < -0.39 is 11.5 Å². The van der Waals surface area contributed by atoms with Crippen LogP contribution in [0.25, 0.3) is 0 Å². The Balaban J connectivity index is 2.68. The van der Waals surface area contributed by atoms with Crippen molar-refractivity contribution >= 4 is 12.0 Å². The molecule has 2 amide bonds. The van der Waals surface area contributed by atoms with E-state index in [2.05, 4.69) is 19.2 Å². The van der Waals surface area contributed by atoms with Gasteiger partial charge in [0.15, 0.2) is 0 Å². The number of carboxylic acids is 1. The minimum atomic E-state index is -0.986. The molecule has 1 aliphatic rings.